The third-order valence-corrected chi connectivity index (χ3v) is 2.42. The highest BCUT2D eigenvalue weighted by Crippen LogP contribution is 2.26. The van der Waals surface area contributed by atoms with Gasteiger partial charge in [0.05, 0.1) is 0 Å². The second-order valence-electron chi connectivity index (χ2n) is 3.77. The highest BCUT2D eigenvalue weighted by Gasteiger charge is 2.03. The number of carbonyl (C=O) groups is 1. The van der Waals surface area contributed by atoms with Crippen molar-refractivity contribution in [2.24, 2.45) is 0 Å². The van der Waals surface area contributed by atoms with Crippen LogP contribution in [0.2, 0.25) is 0 Å². The second-order valence-corrected chi connectivity index (χ2v) is 3.77. The fourth-order valence-electron chi connectivity index (χ4n) is 1.32. The third kappa shape index (κ3) is 5.95. The third-order valence-electron chi connectivity index (χ3n) is 2.42. The summed E-state index contributed by atoms with van der Waals surface area (Å²) in [5.74, 6) is 0.716. The average Bonchev–Trinajstić information content (AvgIpc) is 2.34. The molecule has 96 valence electrons. The molecule has 0 aromatic heterocycles. The zero-order valence-corrected chi connectivity index (χ0v) is 10.9. The van der Waals surface area contributed by atoms with Gasteiger partial charge in [-0.2, -0.15) is 0 Å². The predicted molar refractivity (Wildman–Crippen MR) is 69.4 cm³/mol. The summed E-state index contributed by atoms with van der Waals surface area (Å²) in [7, 11) is 0. The van der Waals surface area contributed by atoms with Gasteiger partial charge in [-0.05, 0) is 18.6 Å². The molecule has 0 fully saturated rings. The van der Waals surface area contributed by atoms with E-state index in [1.807, 2.05) is 20.8 Å². The molecule has 0 aliphatic rings. The van der Waals surface area contributed by atoms with Gasteiger partial charge in [0, 0.05) is 18.4 Å². The van der Waals surface area contributed by atoms with Crippen molar-refractivity contribution in [2.75, 3.05) is 0 Å². The summed E-state index contributed by atoms with van der Waals surface area (Å²) >= 11 is 0. The van der Waals surface area contributed by atoms with Crippen molar-refractivity contribution in [1.29, 1.82) is 0 Å². The van der Waals surface area contributed by atoms with Gasteiger partial charge in [0.1, 0.15) is 17.3 Å². The number of hydrogen-bond donors (Lipinski definition) is 2. The van der Waals surface area contributed by atoms with E-state index >= 15 is 0 Å². The van der Waals surface area contributed by atoms with Gasteiger partial charge in [-0.1, -0.05) is 33.3 Å². The molecule has 0 aliphatic carbocycles. The lowest BCUT2D eigenvalue weighted by molar-refractivity contribution is -0.118. The predicted octanol–water partition coefficient (Wildman–Crippen LogP) is 3.43. The Balaban J connectivity index is 0.000000366. The van der Waals surface area contributed by atoms with Crippen molar-refractivity contribution >= 4 is 5.78 Å². The number of aromatic hydroxyl groups is 2. The maximum atomic E-state index is 10.2. The summed E-state index contributed by atoms with van der Waals surface area (Å²) in [6.07, 6.45) is 3.02. The zero-order chi connectivity index (χ0) is 13.3. The number of rotatable bonds is 4. The van der Waals surface area contributed by atoms with E-state index in [0.29, 0.717) is 24.2 Å². The van der Waals surface area contributed by atoms with Crippen LogP contribution in [0.25, 0.3) is 0 Å². The van der Waals surface area contributed by atoms with E-state index in [2.05, 4.69) is 0 Å². The van der Waals surface area contributed by atoms with Crippen molar-refractivity contribution in [3.8, 4) is 11.5 Å². The topological polar surface area (TPSA) is 57.5 Å². The molecule has 1 rings (SSSR count). The number of carbonyl (C=O) groups excluding carboxylic acids is 1. The van der Waals surface area contributed by atoms with Crippen LogP contribution < -0.4 is 0 Å². The molecule has 0 unspecified atom stereocenters. The highest BCUT2D eigenvalue weighted by atomic mass is 16.3. The van der Waals surface area contributed by atoms with Crippen LogP contribution in [0, 0.1) is 0 Å². The fraction of sp³-hybridized carbons (Fsp3) is 0.500. The molecule has 17 heavy (non-hydrogen) atoms. The van der Waals surface area contributed by atoms with Crippen molar-refractivity contribution in [3.05, 3.63) is 23.8 Å². The molecule has 0 spiro atoms. The van der Waals surface area contributed by atoms with E-state index in [1.54, 1.807) is 18.2 Å². The molecule has 0 radical (unpaired) electrons. The number of ketones is 1. The minimum atomic E-state index is 0.187. The molecule has 3 nitrogen and oxygen atoms in total. The Hall–Kier alpha value is -1.51. The van der Waals surface area contributed by atoms with Gasteiger partial charge in [-0.15, -0.1) is 0 Å². The van der Waals surface area contributed by atoms with Gasteiger partial charge in [0.15, 0.2) is 0 Å². The molecule has 0 aliphatic heterocycles. The van der Waals surface area contributed by atoms with E-state index in [0.717, 1.165) is 12.8 Å². The molecule has 0 saturated carbocycles. The highest BCUT2D eigenvalue weighted by molar-refractivity contribution is 5.77. The van der Waals surface area contributed by atoms with Crippen LogP contribution in [0.4, 0.5) is 0 Å². The van der Waals surface area contributed by atoms with Crippen LogP contribution in [0.5, 0.6) is 11.5 Å². The molecule has 0 heterocycles. The van der Waals surface area contributed by atoms with Crippen LogP contribution in [0.1, 0.15) is 45.6 Å². The molecule has 2 N–H and O–H groups in total. The number of benzene rings is 1. The maximum Gasteiger partial charge on any atom is 0.132 e. The normalized spacial score (nSPS) is 9.35. The van der Waals surface area contributed by atoms with E-state index < -0.39 is 0 Å². The smallest absolute Gasteiger partial charge is 0.132 e. The van der Waals surface area contributed by atoms with Crippen LogP contribution >= 0.6 is 0 Å². The van der Waals surface area contributed by atoms with Crippen LogP contribution in [0.3, 0.4) is 0 Å². The summed E-state index contributed by atoms with van der Waals surface area (Å²) < 4.78 is 0. The van der Waals surface area contributed by atoms with Gasteiger partial charge in [0.25, 0.3) is 0 Å². The number of Topliss-reactive ketones (excluding diaryl/α,β-unsaturated/α-hetero) is 1. The summed E-state index contributed by atoms with van der Waals surface area (Å²) in [5, 5.41) is 18.5. The van der Waals surface area contributed by atoms with Gasteiger partial charge in [0.2, 0.25) is 0 Å². The molecule has 0 saturated heterocycles. The van der Waals surface area contributed by atoms with Gasteiger partial charge in [-0.3, -0.25) is 4.79 Å². The van der Waals surface area contributed by atoms with Crippen molar-refractivity contribution in [1.82, 2.24) is 0 Å². The Morgan fingerprint density at radius 3 is 1.82 bits per heavy atom. The molecule has 3 heteroatoms. The zero-order valence-electron chi connectivity index (χ0n) is 10.9. The van der Waals surface area contributed by atoms with Crippen LogP contribution in [-0.4, -0.2) is 16.0 Å². The minimum absolute atomic E-state index is 0.187. The number of phenols is 2. The number of phenolic OH excluding ortho intramolecular Hbond substituents is 2. The lowest BCUT2D eigenvalue weighted by atomic mass is 10.1. The molecular weight excluding hydrogens is 216 g/mol. The first kappa shape index (κ1) is 15.5. The largest absolute Gasteiger partial charge is 0.508 e. The average molecular weight is 238 g/mol. The van der Waals surface area contributed by atoms with Gasteiger partial charge < -0.3 is 10.2 Å². The summed E-state index contributed by atoms with van der Waals surface area (Å²) in [5.41, 5.74) is 0.648. The molecule has 0 bridgehead atoms. The Bertz CT molecular complexity index is 319. The first-order chi connectivity index (χ1) is 8.06. The second kappa shape index (κ2) is 8.62. The molecular formula is C14H22O3. The van der Waals surface area contributed by atoms with E-state index in [-0.39, 0.29) is 11.5 Å². The monoisotopic (exact) mass is 238 g/mol. The van der Waals surface area contributed by atoms with Crippen LogP contribution in [-0.2, 0) is 11.2 Å². The first-order valence-electron chi connectivity index (χ1n) is 6.08. The van der Waals surface area contributed by atoms with Crippen molar-refractivity contribution in [2.45, 2.75) is 46.5 Å². The minimum Gasteiger partial charge on any atom is -0.508 e. The van der Waals surface area contributed by atoms with Gasteiger partial charge in [-0.25, -0.2) is 0 Å². The Labute approximate surface area is 103 Å². The van der Waals surface area contributed by atoms with Crippen molar-refractivity contribution in [3.63, 3.8) is 0 Å². The van der Waals surface area contributed by atoms with Crippen LogP contribution in [0.15, 0.2) is 18.2 Å². The Morgan fingerprint density at radius 2 is 1.53 bits per heavy atom. The van der Waals surface area contributed by atoms with Gasteiger partial charge >= 0.3 is 0 Å². The van der Waals surface area contributed by atoms with E-state index in [9.17, 15) is 15.0 Å². The molecule has 0 atom stereocenters. The van der Waals surface area contributed by atoms with Crippen molar-refractivity contribution < 1.29 is 15.0 Å². The quantitative estimate of drug-likeness (QED) is 0.845. The lowest BCUT2D eigenvalue weighted by Gasteiger charge is -2.03. The standard InChI is InChI=1S/C9H12O2.C5H10O/c1-2-4-7-8(10)5-3-6-9(7)11;1-3-5(6)4-2/h3,5-6,10-11H,2,4H2,1H3;3-4H2,1-2H3. The Morgan fingerprint density at radius 1 is 1.06 bits per heavy atom. The van der Waals surface area contributed by atoms with E-state index in [4.69, 9.17) is 0 Å². The molecule has 1 aromatic carbocycles. The summed E-state index contributed by atoms with van der Waals surface area (Å²) in [4.78, 5) is 10.2. The number of hydrogen-bond acceptors (Lipinski definition) is 3. The molecule has 0 amide bonds. The summed E-state index contributed by atoms with van der Waals surface area (Å²) in [6.45, 7) is 5.77. The fourth-order valence-corrected chi connectivity index (χ4v) is 1.32. The molecule has 1 aromatic rings. The first-order valence-corrected chi connectivity index (χ1v) is 6.08. The Kier molecular flexibility index (Phi) is 7.85. The SMILES string of the molecule is CCC(=O)CC.CCCc1c(O)cccc1O. The maximum absolute atomic E-state index is 10.2. The lowest BCUT2D eigenvalue weighted by Crippen LogP contribution is -1.88. The van der Waals surface area contributed by atoms with E-state index in [1.165, 1.54) is 0 Å². The summed E-state index contributed by atoms with van der Waals surface area (Å²) in [6, 6.07) is 4.80.